The normalized spacial score (nSPS) is 26.2. The molecule has 0 heterocycles. The highest BCUT2D eigenvalue weighted by atomic mass is 19.1. The zero-order chi connectivity index (χ0) is 15.7. The van der Waals surface area contributed by atoms with Crippen molar-refractivity contribution in [2.24, 2.45) is 5.92 Å². The van der Waals surface area contributed by atoms with Gasteiger partial charge in [-0.3, -0.25) is 4.79 Å². The quantitative estimate of drug-likeness (QED) is 0.907. The van der Waals surface area contributed by atoms with Gasteiger partial charge in [-0.05, 0) is 57.0 Å². The molecule has 0 saturated heterocycles. The Labute approximate surface area is 131 Å². The van der Waals surface area contributed by atoms with Crippen molar-refractivity contribution in [3.05, 3.63) is 35.6 Å². The summed E-state index contributed by atoms with van der Waals surface area (Å²) in [4.78, 5) is 14.6. The summed E-state index contributed by atoms with van der Waals surface area (Å²) in [7, 11) is 4.20. The number of nitrogens with one attached hydrogen (secondary N) is 1. The summed E-state index contributed by atoms with van der Waals surface area (Å²) < 4.78 is 13.3. The van der Waals surface area contributed by atoms with Crippen molar-refractivity contribution < 1.29 is 9.18 Å². The molecule has 120 valence electrons. The van der Waals surface area contributed by atoms with Crippen molar-refractivity contribution in [2.45, 2.75) is 43.6 Å². The standard InChI is InChI=1S/C18H25FN2O/c1-21(2)18(8-3-4-9-18)12-20-17(22)16-11-15(16)13-6-5-7-14(19)10-13/h5-7,10,15-16H,3-4,8-9,11-12H2,1-2H3,(H,20,22). The Bertz CT molecular complexity index is 552. The molecule has 0 bridgehead atoms. The van der Waals surface area contributed by atoms with E-state index in [2.05, 4.69) is 24.3 Å². The Morgan fingerprint density at radius 3 is 2.73 bits per heavy atom. The lowest BCUT2D eigenvalue weighted by Crippen LogP contribution is -2.51. The van der Waals surface area contributed by atoms with Crippen molar-refractivity contribution in [2.75, 3.05) is 20.6 Å². The maximum absolute atomic E-state index is 13.3. The molecule has 2 fully saturated rings. The molecule has 0 radical (unpaired) electrons. The molecule has 4 heteroatoms. The first-order valence-corrected chi connectivity index (χ1v) is 8.22. The third-order valence-electron chi connectivity index (χ3n) is 5.48. The van der Waals surface area contributed by atoms with Gasteiger partial charge in [-0.15, -0.1) is 0 Å². The number of halogens is 1. The molecule has 3 nitrogen and oxygen atoms in total. The lowest BCUT2D eigenvalue weighted by atomic mass is 9.96. The van der Waals surface area contributed by atoms with Crippen LogP contribution in [0.5, 0.6) is 0 Å². The van der Waals surface area contributed by atoms with Gasteiger partial charge in [0.15, 0.2) is 0 Å². The molecule has 22 heavy (non-hydrogen) atoms. The van der Waals surface area contributed by atoms with Gasteiger partial charge in [0.2, 0.25) is 5.91 Å². The summed E-state index contributed by atoms with van der Waals surface area (Å²) in [6.45, 7) is 0.727. The number of rotatable bonds is 5. The second-order valence-electron chi connectivity index (χ2n) is 7.05. The first-order valence-electron chi connectivity index (χ1n) is 8.22. The topological polar surface area (TPSA) is 32.3 Å². The summed E-state index contributed by atoms with van der Waals surface area (Å²) in [6.07, 6.45) is 5.62. The van der Waals surface area contributed by atoms with E-state index in [1.165, 1.54) is 18.9 Å². The van der Waals surface area contributed by atoms with Crippen LogP contribution in [-0.4, -0.2) is 37.0 Å². The van der Waals surface area contributed by atoms with Gasteiger partial charge in [0, 0.05) is 18.0 Å². The van der Waals surface area contributed by atoms with Crippen LogP contribution >= 0.6 is 0 Å². The Morgan fingerprint density at radius 2 is 2.09 bits per heavy atom. The van der Waals surface area contributed by atoms with Gasteiger partial charge >= 0.3 is 0 Å². The molecule has 2 saturated carbocycles. The van der Waals surface area contributed by atoms with Crippen LogP contribution in [0, 0.1) is 11.7 Å². The highest BCUT2D eigenvalue weighted by Gasteiger charge is 2.45. The van der Waals surface area contributed by atoms with Gasteiger partial charge in [0.1, 0.15) is 5.82 Å². The zero-order valence-corrected chi connectivity index (χ0v) is 13.4. The fraction of sp³-hybridized carbons (Fsp3) is 0.611. The van der Waals surface area contributed by atoms with E-state index in [0.29, 0.717) is 0 Å². The number of likely N-dealkylation sites (N-methyl/N-ethyl adjacent to an activating group) is 1. The average molecular weight is 304 g/mol. The van der Waals surface area contributed by atoms with Crippen LogP contribution in [0.1, 0.15) is 43.6 Å². The molecule has 1 amide bonds. The largest absolute Gasteiger partial charge is 0.354 e. The van der Waals surface area contributed by atoms with Gasteiger partial charge < -0.3 is 10.2 Å². The molecular formula is C18H25FN2O. The van der Waals surface area contributed by atoms with Crippen LogP contribution in [0.2, 0.25) is 0 Å². The summed E-state index contributed by atoms with van der Waals surface area (Å²) >= 11 is 0. The van der Waals surface area contributed by atoms with Gasteiger partial charge in [-0.1, -0.05) is 25.0 Å². The minimum Gasteiger partial charge on any atom is -0.354 e. The van der Waals surface area contributed by atoms with Crippen LogP contribution in [-0.2, 0) is 4.79 Å². The fourth-order valence-electron chi connectivity index (χ4n) is 3.79. The molecule has 2 aliphatic rings. The highest BCUT2D eigenvalue weighted by molar-refractivity contribution is 5.83. The summed E-state index contributed by atoms with van der Waals surface area (Å²) in [5, 5.41) is 3.15. The third kappa shape index (κ3) is 3.02. The minimum atomic E-state index is -0.221. The lowest BCUT2D eigenvalue weighted by Gasteiger charge is -2.36. The van der Waals surface area contributed by atoms with E-state index in [1.807, 2.05) is 6.07 Å². The zero-order valence-electron chi connectivity index (χ0n) is 13.4. The van der Waals surface area contributed by atoms with Gasteiger partial charge in [-0.25, -0.2) is 4.39 Å². The van der Waals surface area contributed by atoms with E-state index in [9.17, 15) is 9.18 Å². The number of hydrogen-bond acceptors (Lipinski definition) is 2. The van der Waals surface area contributed by atoms with E-state index in [1.54, 1.807) is 12.1 Å². The monoisotopic (exact) mass is 304 g/mol. The average Bonchev–Trinajstić information content (AvgIpc) is 3.15. The van der Waals surface area contributed by atoms with E-state index in [0.717, 1.165) is 31.4 Å². The molecule has 0 aliphatic heterocycles. The van der Waals surface area contributed by atoms with E-state index in [4.69, 9.17) is 0 Å². The predicted molar refractivity (Wildman–Crippen MR) is 85.1 cm³/mol. The minimum absolute atomic E-state index is 0.0161. The van der Waals surface area contributed by atoms with Crippen LogP contribution in [0.15, 0.2) is 24.3 Å². The van der Waals surface area contributed by atoms with E-state index >= 15 is 0 Å². The molecule has 0 spiro atoms. The molecule has 1 aromatic rings. The summed E-state index contributed by atoms with van der Waals surface area (Å²) in [5.41, 5.74) is 1.07. The van der Waals surface area contributed by atoms with Crippen LogP contribution in [0.3, 0.4) is 0 Å². The fourth-order valence-corrected chi connectivity index (χ4v) is 3.79. The molecule has 2 aliphatic carbocycles. The number of benzene rings is 1. The Hall–Kier alpha value is -1.42. The highest BCUT2D eigenvalue weighted by Crippen LogP contribution is 2.47. The Morgan fingerprint density at radius 1 is 1.36 bits per heavy atom. The lowest BCUT2D eigenvalue weighted by molar-refractivity contribution is -0.123. The molecule has 1 aromatic carbocycles. The smallest absolute Gasteiger partial charge is 0.223 e. The third-order valence-corrected chi connectivity index (χ3v) is 5.48. The summed E-state index contributed by atoms with van der Waals surface area (Å²) in [6, 6.07) is 6.63. The second kappa shape index (κ2) is 5.99. The SMILES string of the molecule is CN(C)C1(CNC(=O)C2CC2c2cccc(F)c2)CCCC1. The van der Waals surface area contributed by atoms with Crippen molar-refractivity contribution >= 4 is 5.91 Å². The first-order chi connectivity index (χ1) is 10.5. The number of hydrogen-bond donors (Lipinski definition) is 1. The maximum Gasteiger partial charge on any atom is 0.223 e. The Kier molecular flexibility index (Phi) is 4.22. The van der Waals surface area contributed by atoms with Crippen molar-refractivity contribution in [3.63, 3.8) is 0 Å². The number of nitrogens with zero attached hydrogens (tertiary/aromatic N) is 1. The van der Waals surface area contributed by atoms with Crippen molar-refractivity contribution in [1.82, 2.24) is 10.2 Å². The van der Waals surface area contributed by atoms with Crippen LogP contribution in [0.25, 0.3) is 0 Å². The number of carbonyl (C=O) groups is 1. The molecule has 2 unspecified atom stereocenters. The Balaban J connectivity index is 1.55. The van der Waals surface area contributed by atoms with E-state index < -0.39 is 0 Å². The van der Waals surface area contributed by atoms with Crippen molar-refractivity contribution in [1.29, 1.82) is 0 Å². The van der Waals surface area contributed by atoms with Gasteiger partial charge in [-0.2, -0.15) is 0 Å². The summed E-state index contributed by atoms with van der Waals surface area (Å²) in [5.74, 6) is 0.112. The number of amides is 1. The van der Waals surface area contributed by atoms with Crippen LogP contribution in [0.4, 0.5) is 4.39 Å². The molecule has 0 aromatic heterocycles. The molecule has 3 rings (SSSR count). The van der Waals surface area contributed by atoms with Crippen LogP contribution < -0.4 is 5.32 Å². The predicted octanol–water partition coefficient (Wildman–Crippen LogP) is 2.92. The molecule has 1 N–H and O–H groups in total. The first kappa shape index (κ1) is 15.5. The molecular weight excluding hydrogens is 279 g/mol. The maximum atomic E-state index is 13.3. The number of carbonyl (C=O) groups excluding carboxylic acids is 1. The molecule has 2 atom stereocenters. The van der Waals surface area contributed by atoms with E-state index in [-0.39, 0.29) is 29.1 Å². The van der Waals surface area contributed by atoms with Gasteiger partial charge in [0.05, 0.1) is 0 Å². The van der Waals surface area contributed by atoms with Gasteiger partial charge in [0.25, 0.3) is 0 Å². The van der Waals surface area contributed by atoms with Crippen molar-refractivity contribution in [3.8, 4) is 0 Å². The second-order valence-corrected chi connectivity index (χ2v) is 7.05.